The van der Waals surface area contributed by atoms with Crippen molar-refractivity contribution in [1.29, 1.82) is 0 Å². The summed E-state index contributed by atoms with van der Waals surface area (Å²) in [4.78, 5) is 0. The largest absolute Gasteiger partial charge is 0.114 e. The molecule has 0 N–H and O–H groups in total. The van der Waals surface area contributed by atoms with Crippen molar-refractivity contribution in [3.63, 3.8) is 0 Å². The van der Waals surface area contributed by atoms with Crippen molar-refractivity contribution >= 4 is 24.1 Å². The summed E-state index contributed by atoms with van der Waals surface area (Å²) >= 11 is 0. The van der Waals surface area contributed by atoms with Crippen molar-refractivity contribution in [1.82, 2.24) is 0 Å². The van der Waals surface area contributed by atoms with Gasteiger partial charge in [-0.2, -0.15) is 0 Å². The van der Waals surface area contributed by atoms with E-state index in [4.69, 9.17) is 7.85 Å². The van der Waals surface area contributed by atoms with E-state index < -0.39 is 0 Å². The molecule has 0 bridgehead atoms. The Morgan fingerprint density at radius 3 is 2.25 bits per heavy atom. The molecule has 0 unspecified atom stereocenters. The van der Waals surface area contributed by atoms with E-state index in [0.717, 1.165) is 11.0 Å². The van der Waals surface area contributed by atoms with Gasteiger partial charge in [0.25, 0.3) is 0 Å². The summed E-state index contributed by atoms with van der Waals surface area (Å²) in [5.74, 6) is 0. The van der Waals surface area contributed by atoms with Crippen LogP contribution in [0.1, 0.15) is 5.56 Å². The Hall–Kier alpha value is -1.24. The highest BCUT2D eigenvalue weighted by Crippen LogP contribution is 2.12. The van der Waals surface area contributed by atoms with Gasteiger partial charge in [-0.1, -0.05) is 47.4 Å². The van der Waals surface area contributed by atoms with E-state index in [1.807, 2.05) is 25.1 Å². The van der Waals surface area contributed by atoms with E-state index in [2.05, 4.69) is 18.2 Å². The molecule has 2 aromatic carbocycles. The molecule has 0 heterocycles. The molecule has 0 aromatic heterocycles. The number of hydrogen-bond acceptors (Lipinski definition) is 0. The first-order chi connectivity index (χ1) is 5.77. The highest BCUT2D eigenvalue weighted by atomic mass is 14.0. The third-order valence-electron chi connectivity index (χ3n) is 2.13. The smallest absolute Gasteiger partial charge is 0.0932 e. The number of rotatable bonds is 0. The molecule has 0 spiro atoms. The summed E-state index contributed by atoms with van der Waals surface area (Å²) in [6, 6.07) is 12.4. The van der Waals surface area contributed by atoms with Crippen LogP contribution in [0.4, 0.5) is 0 Å². The number of benzene rings is 2. The Bertz CT molecular complexity index is 378. The lowest BCUT2D eigenvalue weighted by atomic mass is 9.89. The number of fused-ring (bicyclic) bond motifs is 1. The van der Waals surface area contributed by atoms with E-state index in [0.29, 0.717) is 0 Å². The zero-order valence-corrected chi connectivity index (χ0v) is 7.04. The topological polar surface area (TPSA) is 0 Å². The van der Waals surface area contributed by atoms with E-state index >= 15 is 0 Å². The highest BCUT2D eigenvalue weighted by molar-refractivity contribution is 6.34. The molecule has 12 heavy (non-hydrogen) atoms. The maximum Gasteiger partial charge on any atom is 0.114 e. The van der Waals surface area contributed by atoms with Gasteiger partial charge in [0.05, 0.1) is 0 Å². The second-order valence-corrected chi connectivity index (χ2v) is 3.06. The maximum atomic E-state index is 5.79. The van der Waals surface area contributed by atoms with Crippen LogP contribution in [-0.2, 0) is 0 Å². The molecule has 0 atom stereocenters. The van der Waals surface area contributed by atoms with Gasteiger partial charge in [0.1, 0.15) is 7.85 Å². The van der Waals surface area contributed by atoms with Crippen LogP contribution in [0.25, 0.3) is 10.8 Å². The van der Waals surface area contributed by atoms with Crippen LogP contribution < -0.4 is 5.46 Å². The molecule has 2 rings (SSSR count). The maximum absolute atomic E-state index is 5.79. The van der Waals surface area contributed by atoms with E-state index in [-0.39, 0.29) is 0 Å². The molecular weight excluding hydrogens is 143 g/mol. The molecule has 0 aliphatic heterocycles. The van der Waals surface area contributed by atoms with Gasteiger partial charge >= 0.3 is 0 Å². The fourth-order valence-corrected chi connectivity index (χ4v) is 1.37. The Kier molecular flexibility index (Phi) is 1.65. The molecule has 2 aromatic rings. The molecule has 0 saturated heterocycles. The van der Waals surface area contributed by atoms with Crippen LogP contribution in [0.15, 0.2) is 36.4 Å². The van der Waals surface area contributed by atoms with Crippen LogP contribution in [0.3, 0.4) is 0 Å². The van der Waals surface area contributed by atoms with Gasteiger partial charge in [-0.15, -0.1) is 0 Å². The summed E-state index contributed by atoms with van der Waals surface area (Å²) in [6.45, 7) is 2.03. The van der Waals surface area contributed by atoms with Crippen molar-refractivity contribution in [2.24, 2.45) is 0 Å². The van der Waals surface area contributed by atoms with Crippen LogP contribution in [-0.4, -0.2) is 7.85 Å². The Morgan fingerprint density at radius 2 is 1.58 bits per heavy atom. The van der Waals surface area contributed by atoms with Gasteiger partial charge in [0.15, 0.2) is 0 Å². The molecule has 0 aliphatic rings. The lowest BCUT2D eigenvalue weighted by Gasteiger charge is -2.02. The fraction of sp³-hybridized carbons (Fsp3) is 0.0909. The van der Waals surface area contributed by atoms with Crippen molar-refractivity contribution in [3.8, 4) is 0 Å². The minimum Gasteiger partial charge on any atom is -0.0932 e. The summed E-state index contributed by atoms with van der Waals surface area (Å²) in [5, 5.41) is 2.46. The van der Waals surface area contributed by atoms with Crippen LogP contribution >= 0.6 is 0 Å². The highest BCUT2D eigenvalue weighted by Gasteiger charge is 1.94. The van der Waals surface area contributed by atoms with Gasteiger partial charge in [-0.3, -0.25) is 0 Å². The minimum absolute atomic E-state index is 0.869. The SMILES string of the molecule is [B]c1cc2ccccc2cc1C. The van der Waals surface area contributed by atoms with Crippen LogP contribution in [0, 0.1) is 6.92 Å². The van der Waals surface area contributed by atoms with Gasteiger partial charge in [-0.25, -0.2) is 0 Å². The Balaban J connectivity index is 2.84. The lowest BCUT2D eigenvalue weighted by molar-refractivity contribution is 1.55. The molecule has 56 valence electrons. The molecule has 1 heteroatoms. The first-order valence-corrected chi connectivity index (χ1v) is 4.02. The quantitative estimate of drug-likeness (QED) is 0.506. The standard InChI is InChI=1S/C11H9B/c1-8-6-9-4-2-3-5-10(9)7-11(8)12/h2-7H,1H3. The van der Waals surface area contributed by atoms with Crippen molar-refractivity contribution in [3.05, 3.63) is 42.0 Å². The summed E-state index contributed by atoms with van der Waals surface area (Å²) in [5.41, 5.74) is 2.02. The van der Waals surface area contributed by atoms with E-state index in [1.54, 1.807) is 0 Å². The predicted octanol–water partition coefficient (Wildman–Crippen LogP) is 1.94. The first-order valence-electron chi connectivity index (χ1n) is 4.02. The molecule has 0 amide bonds. The molecule has 2 radical (unpaired) electrons. The number of aryl methyl sites for hydroxylation is 1. The lowest BCUT2D eigenvalue weighted by Crippen LogP contribution is -2.05. The average Bonchev–Trinajstić information content (AvgIpc) is 2.07. The van der Waals surface area contributed by atoms with Crippen LogP contribution in [0.5, 0.6) is 0 Å². The third-order valence-corrected chi connectivity index (χ3v) is 2.13. The van der Waals surface area contributed by atoms with E-state index in [1.165, 1.54) is 10.8 Å². The molecular formula is C11H9B. The zero-order valence-electron chi connectivity index (χ0n) is 7.04. The first kappa shape index (κ1) is 7.42. The summed E-state index contributed by atoms with van der Waals surface area (Å²) in [7, 11) is 5.79. The van der Waals surface area contributed by atoms with Crippen molar-refractivity contribution in [2.75, 3.05) is 0 Å². The zero-order chi connectivity index (χ0) is 8.55. The number of hydrogen-bond donors (Lipinski definition) is 0. The average molecular weight is 152 g/mol. The van der Waals surface area contributed by atoms with Crippen molar-refractivity contribution < 1.29 is 0 Å². The van der Waals surface area contributed by atoms with E-state index in [9.17, 15) is 0 Å². The Labute approximate surface area is 73.6 Å². The van der Waals surface area contributed by atoms with Gasteiger partial charge < -0.3 is 0 Å². The molecule has 0 nitrogen and oxygen atoms in total. The summed E-state index contributed by atoms with van der Waals surface area (Å²) in [6.07, 6.45) is 0. The van der Waals surface area contributed by atoms with Gasteiger partial charge in [0.2, 0.25) is 0 Å². The Morgan fingerprint density at radius 1 is 1.00 bits per heavy atom. The second kappa shape index (κ2) is 2.67. The van der Waals surface area contributed by atoms with Gasteiger partial charge in [-0.05, 0) is 17.7 Å². The molecule has 0 aliphatic carbocycles. The fourth-order valence-electron chi connectivity index (χ4n) is 1.37. The normalized spacial score (nSPS) is 10.4. The summed E-state index contributed by atoms with van der Waals surface area (Å²) < 4.78 is 0. The van der Waals surface area contributed by atoms with Crippen molar-refractivity contribution in [2.45, 2.75) is 6.92 Å². The third kappa shape index (κ3) is 1.12. The monoisotopic (exact) mass is 152 g/mol. The predicted molar refractivity (Wildman–Crippen MR) is 54.1 cm³/mol. The minimum atomic E-state index is 0.869. The van der Waals surface area contributed by atoms with Gasteiger partial charge in [0, 0.05) is 0 Å². The van der Waals surface area contributed by atoms with Crippen LogP contribution in [0.2, 0.25) is 0 Å². The molecule has 0 saturated carbocycles. The second-order valence-electron chi connectivity index (χ2n) is 3.06. The molecule has 0 fully saturated rings.